The van der Waals surface area contributed by atoms with Gasteiger partial charge in [-0.2, -0.15) is 0 Å². The number of nitrogens with zero attached hydrogens (tertiary/aromatic N) is 3. The van der Waals surface area contributed by atoms with E-state index in [-0.39, 0.29) is 11.7 Å². The average molecular weight is 295 g/mol. The molecule has 1 aromatic rings. The van der Waals surface area contributed by atoms with Crippen LogP contribution in [-0.2, 0) is 4.74 Å². The van der Waals surface area contributed by atoms with Gasteiger partial charge in [-0.1, -0.05) is 0 Å². The molecule has 1 fully saturated rings. The number of carboxylic acids is 1. The summed E-state index contributed by atoms with van der Waals surface area (Å²) in [4.78, 5) is 27.1. The standard InChI is InChI=1S/C13H17N3O5/c1-2-15(8-9-4-3-5-21-9)12-6-10(13(17)18)11(7-14-12)16(19)20/h6-7,9H,2-5,8H2,1H3,(H,17,18). The third-order valence-corrected chi connectivity index (χ3v) is 3.45. The predicted octanol–water partition coefficient (Wildman–Crippen LogP) is 1.69. The first kappa shape index (κ1) is 15.2. The van der Waals surface area contributed by atoms with Gasteiger partial charge in [-0.3, -0.25) is 10.1 Å². The minimum atomic E-state index is -1.33. The number of anilines is 1. The number of likely N-dealkylation sites (N-methyl/N-ethyl adjacent to an activating group) is 1. The molecule has 114 valence electrons. The molecule has 1 aliphatic heterocycles. The Labute approximate surface area is 121 Å². The number of aromatic carboxylic acids is 1. The second-order valence-corrected chi connectivity index (χ2v) is 4.80. The van der Waals surface area contributed by atoms with Gasteiger partial charge in [0, 0.05) is 25.8 Å². The van der Waals surface area contributed by atoms with Gasteiger partial charge in [0.2, 0.25) is 0 Å². The lowest BCUT2D eigenvalue weighted by molar-refractivity contribution is -0.385. The van der Waals surface area contributed by atoms with Gasteiger partial charge in [0.1, 0.15) is 17.6 Å². The Morgan fingerprint density at radius 3 is 2.95 bits per heavy atom. The lowest BCUT2D eigenvalue weighted by Crippen LogP contribution is -2.32. The first-order valence-electron chi connectivity index (χ1n) is 6.77. The van der Waals surface area contributed by atoms with Crippen LogP contribution < -0.4 is 4.90 Å². The van der Waals surface area contributed by atoms with Crippen molar-refractivity contribution in [2.45, 2.75) is 25.9 Å². The molecule has 21 heavy (non-hydrogen) atoms. The molecule has 1 aliphatic rings. The van der Waals surface area contributed by atoms with Crippen molar-refractivity contribution >= 4 is 17.5 Å². The van der Waals surface area contributed by atoms with Crippen molar-refractivity contribution in [3.05, 3.63) is 27.9 Å². The zero-order valence-corrected chi connectivity index (χ0v) is 11.7. The minimum absolute atomic E-state index is 0.0928. The van der Waals surface area contributed by atoms with Crippen molar-refractivity contribution in [2.75, 3.05) is 24.6 Å². The molecule has 0 bridgehead atoms. The topological polar surface area (TPSA) is 106 Å². The van der Waals surface area contributed by atoms with Crippen molar-refractivity contribution < 1.29 is 19.6 Å². The monoisotopic (exact) mass is 295 g/mol. The largest absolute Gasteiger partial charge is 0.477 e. The van der Waals surface area contributed by atoms with Crippen LogP contribution in [0.4, 0.5) is 11.5 Å². The van der Waals surface area contributed by atoms with Crippen LogP contribution in [0.5, 0.6) is 0 Å². The van der Waals surface area contributed by atoms with E-state index < -0.39 is 16.6 Å². The van der Waals surface area contributed by atoms with Crippen LogP contribution in [0, 0.1) is 10.1 Å². The second-order valence-electron chi connectivity index (χ2n) is 4.80. The van der Waals surface area contributed by atoms with Crippen molar-refractivity contribution in [1.29, 1.82) is 0 Å². The van der Waals surface area contributed by atoms with Gasteiger partial charge in [-0.15, -0.1) is 0 Å². The summed E-state index contributed by atoms with van der Waals surface area (Å²) in [5.74, 6) is -0.922. The van der Waals surface area contributed by atoms with Gasteiger partial charge in [0.15, 0.2) is 0 Å². The zero-order valence-electron chi connectivity index (χ0n) is 11.7. The third kappa shape index (κ3) is 3.46. The highest BCUT2D eigenvalue weighted by Gasteiger charge is 2.24. The van der Waals surface area contributed by atoms with Crippen LogP contribution >= 0.6 is 0 Å². The molecule has 0 spiro atoms. The maximum absolute atomic E-state index is 11.2. The SMILES string of the molecule is CCN(CC1CCCO1)c1cc(C(=O)O)c([N+](=O)[O-])cn1. The molecule has 1 N–H and O–H groups in total. The molecule has 0 amide bonds. The van der Waals surface area contributed by atoms with Crippen molar-refractivity contribution in [3.8, 4) is 0 Å². The molecule has 8 nitrogen and oxygen atoms in total. The number of nitro groups is 1. The fraction of sp³-hybridized carbons (Fsp3) is 0.538. The van der Waals surface area contributed by atoms with Crippen LogP contribution in [0.3, 0.4) is 0 Å². The highest BCUT2D eigenvalue weighted by atomic mass is 16.6. The Bertz CT molecular complexity index is 543. The summed E-state index contributed by atoms with van der Waals surface area (Å²) in [6.45, 7) is 3.86. The highest BCUT2D eigenvalue weighted by Crippen LogP contribution is 2.24. The number of carbonyl (C=O) groups is 1. The van der Waals surface area contributed by atoms with Crippen molar-refractivity contribution in [1.82, 2.24) is 4.98 Å². The summed E-state index contributed by atoms with van der Waals surface area (Å²) in [5.41, 5.74) is -0.852. The summed E-state index contributed by atoms with van der Waals surface area (Å²) in [7, 11) is 0. The molecule has 2 heterocycles. The Morgan fingerprint density at radius 2 is 2.43 bits per heavy atom. The van der Waals surface area contributed by atoms with E-state index >= 15 is 0 Å². The van der Waals surface area contributed by atoms with Gasteiger partial charge in [0.25, 0.3) is 0 Å². The molecule has 1 saturated heterocycles. The molecule has 1 unspecified atom stereocenters. The van der Waals surface area contributed by atoms with E-state index in [1.54, 1.807) is 0 Å². The van der Waals surface area contributed by atoms with E-state index in [1.165, 1.54) is 6.07 Å². The van der Waals surface area contributed by atoms with Crippen molar-refractivity contribution in [3.63, 3.8) is 0 Å². The van der Waals surface area contributed by atoms with Crippen LogP contribution in [-0.4, -0.2) is 46.8 Å². The number of aromatic nitrogens is 1. The molecule has 2 rings (SSSR count). The van der Waals surface area contributed by atoms with E-state index in [0.717, 1.165) is 25.6 Å². The molecular weight excluding hydrogens is 278 g/mol. The fourth-order valence-electron chi connectivity index (χ4n) is 2.35. The molecule has 1 atom stereocenters. The van der Waals surface area contributed by atoms with Crippen LogP contribution in [0.2, 0.25) is 0 Å². The van der Waals surface area contributed by atoms with Crippen molar-refractivity contribution in [2.24, 2.45) is 0 Å². The van der Waals surface area contributed by atoms with Gasteiger partial charge in [0.05, 0.1) is 11.0 Å². The number of hydrogen-bond acceptors (Lipinski definition) is 6. The third-order valence-electron chi connectivity index (χ3n) is 3.45. The molecule has 0 saturated carbocycles. The summed E-state index contributed by atoms with van der Waals surface area (Å²) >= 11 is 0. The van der Waals surface area contributed by atoms with Gasteiger partial charge in [-0.25, -0.2) is 9.78 Å². The van der Waals surface area contributed by atoms with E-state index in [1.807, 2.05) is 11.8 Å². The first-order chi connectivity index (χ1) is 10.0. The summed E-state index contributed by atoms with van der Waals surface area (Å²) < 4.78 is 5.55. The number of rotatable bonds is 6. The molecular formula is C13H17N3O5. The maximum atomic E-state index is 11.2. The van der Waals surface area contributed by atoms with E-state index in [0.29, 0.717) is 18.9 Å². The lowest BCUT2D eigenvalue weighted by atomic mass is 10.2. The highest BCUT2D eigenvalue weighted by molar-refractivity contribution is 5.93. The molecule has 1 aromatic heterocycles. The van der Waals surface area contributed by atoms with E-state index in [9.17, 15) is 14.9 Å². The summed E-state index contributed by atoms with van der Waals surface area (Å²) in [6.07, 6.45) is 3.05. The number of pyridine rings is 1. The molecule has 0 aromatic carbocycles. The van der Waals surface area contributed by atoms with Crippen LogP contribution in [0.1, 0.15) is 30.1 Å². The average Bonchev–Trinajstić information content (AvgIpc) is 2.97. The van der Waals surface area contributed by atoms with Crippen LogP contribution in [0.25, 0.3) is 0 Å². The van der Waals surface area contributed by atoms with Gasteiger partial charge >= 0.3 is 11.7 Å². The van der Waals surface area contributed by atoms with Gasteiger partial charge < -0.3 is 14.7 Å². The molecule has 0 aliphatic carbocycles. The maximum Gasteiger partial charge on any atom is 0.342 e. The zero-order chi connectivity index (χ0) is 15.4. The Morgan fingerprint density at radius 1 is 1.67 bits per heavy atom. The lowest BCUT2D eigenvalue weighted by Gasteiger charge is -2.25. The normalized spacial score (nSPS) is 17.7. The Hall–Kier alpha value is -2.22. The molecule has 8 heteroatoms. The summed E-state index contributed by atoms with van der Waals surface area (Å²) in [5, 5.41) is 19.9. The number of ether oxygens (including phenoxy) is 1. The fourth-order valence-corrected chi connectivity index (χ4v) is 2.35. The predicted molar refractivity (Wildman–Crippen MR) is 74.7 cm³/mol. The smallest absolute Gasteiger partial charge is 0.342 e. The first-order valence-corrected chi connectivity index (χ1v) is 6.77. The summed E-state index contributed by atoms with van der Waals surface area (Å²) in [6, 6.07) is 1.25. The van der Waals surface area contributed by atoms with Gasteiger partial charge in [-0.05, 0) is 19.8 Å². The Balaban J connectivity index is 2.26. The van der Waals surface area contributed by atoms with E-state index in [2.05, 4.69) is 4.98 Å². The Kier molecular flexibility index (Phi) is 4.69. The second kappa shape index (κ2) is 6.49. The van der Waals surface area contributed by atoms with Crippen LogP contribution in [0.15, 0.2) is 12.3 Å². The quantitative estimate of drug-likeness (QED) is 0.628. The number of hydrogen-bond donors (Lipinski definition) is 1. The number of carboxylic acid groups (broad SMARTS) is 1. The van der Waals surface area contributed by atoms with E-state index in [4.69, 9.17) is 9.84 Å². The minimum Gasteiger partial charge on any atom is -0.477 e. The molecule has 0 radical (unpaired) electrons.